The molecule has 0 N–H and O–H groups in total. The average molecular weight is 148 g/mol. The maximum Gasteiger partial charge on any atom is 0.129 e. The van der Waals surface area contributed by atoms with Crippen LogP contribution in [0.15, 0.2) is 0 Å². The van der Waals surface area contributed by atoms with E-state index in [0.717, 1.165) is 12.6 Å². The van der Waals surface area contributed by atoms with Gasteiger partial charge in [0.25, 0.3) is 0 Å². The molecule has 0 aliphatic heterocycles. The van der Waals surface area contributed by atoms with Gasteiger partial charge >= 0.3 is 0 Å². The summed E-state index contributed by atoms with van der Waals surface area (Å²) in [4.78, 5) is 10.3. The lowest BCUT2D eigenvalue weighted by Crippen LogP contribution is -1.89. The van der Waals surface area contributed by atoms with Gasteiger partial charge in [-0.1, -0.05) is 0 Å². The van der Waals surface area contributed by atoms with Gasteiger partial charge in [0.05, 0.1) is 7.80 Å². The summed E-state index contributed by atoms with van der Waals surface area (Å²) in [5.74, 6) is 0.193. The highest BCUT2D eigenvalue weighted by molar-refractivity contribution is 7.43. The van der Waals surface area contributed by atoms with Crippen molar-refractivity contribution in [2.45, 2.75) is 19.8 Å². The molecule has 0 bridgehead atoms. The van der Waals surface area contributed by atoms with Crippen LogP contribution in [-0.2, 0) is 9.36 Å². The molecule has 54 valence electrons. The molecule has 2 nitrogen and oxygen atoms in total. The largest absolute Gasteiger partial charge is 0.327 e. The third-order valence-electron chi connectivity index (χ3n) is 1.06. The van der Waals surface area contributed by atoms with Crippen LogP contribution in [0, 0.1) is 0 Å². The van der Waals surface area contributed by atoms with Gasteiger partial charge in [0.1, 0.15) is 5.78 Å². The van der Waals surface area contributed by atoms with E-state index >= 15 is 0 Å². The van der Waals surface area contributed by atoms with Crippen LogP contribution >= 0.6 is 7.80 Å². The van der Waals surface area contributed by atoms with Crippen molar-refractivity contribution < 1.29 is 9.36 Å². The lowest BCUT2D eigenvalue weighted by molar-refractivity contribution is -0.117. The smallest absolute Gasteiger partial charge is 0.129 e. The number of ketones is 1. The Kier molecular flexibility index (Phi) is 4.70. The highest BCUT2D eigenvalue weighted by Gasteiger charge is 1.94. The number of hydrogen-bond donors (Lipinski definition) is 0. The van der Waals surface area contributed by atoms with Crippen LogP contribution < -0.4 is 0 Å². The van der Waals surface area contributed by atoms with E-state index in [1.165, 1.54) is 0 Å². The summed E-state index contributed by atoms with van der Waals surface area (Å²) in [6.07, 6.45) is 2.11. The zero-order chi connectivity index (χ0) is 7.28. The predicted octanol–water partition coefficient (Wildman–Crippen LogP) is 1.55. The summed E-state index contributed by atoms with van der Waals surface area (Å²) in [5.41, 5.74) is 0. The first-order valence-electron chi connectivity index (χ1n) is 3.12. The fraction of sp³-hybridized carbons (Fsp3) is 0.833. The molecule has 0 aromatic carbocycles. The van der Waals surface area contributed by atoms with Crippen molar-refractivity contribution in [1.29, 1.82) is 0 Å². The average Bonchev–Trinajstić information content (AvgIpc) is 1.63. The zero-order valence-electron chi connectivity index (χ0n) is 5.94. The zero-order valence-corrected chi connectivity index (χ0v) is 6.94. The number of Topliss-reactive ketones (excluding diaryl/α,β-unsaturated/α-hetero) is 1. The molecular formula is C6H13O2P. The molecule has 0 fully saturated rings. The SMILES string of the molecule is CC(=O)CCC[PH](C)=O. The Morgan fingerprint density at radius 3 is 2.44 bits per heavy atom. The molecule has 0 aromatic rings. The molecule has 0 aliphatic carbocycles. The summed E-state index contributed by atoms with van der Waals surface area (Å²) in [7, 11) is -1.33. The second kappa shape index (κ2) is 4.75. The Balaban J connectivity index is 3.10. The molecule has 9 heavy (non-hydrogen) atoms. The molecule has 0 saturated carbocycles. The van der Waals surface area contributed by atoms with Crippen molar-refractivity contribution in [2.24, 2.45) is 0 Å². The van der Waals surface area contributed by atoms with Crippen molar-refractivity contribution in [2.75, 3.05) is 12.8 Å². The first kappa shape index (κ1) is 8.90. The maximum absolute atomic E-state index is 10.5. The number of carbonyl (C=O) groups is 1. The van der Waals surface area contributed by atoms with Gasteiger partial charge in [-0.3, -0.25) is 0 Å². The molecule has 0 heterocycles. The van der Waals surface area contributed by atoms with E-state index in [4.69, 9.17) is 0 Å². The predicted molar refractivity (Wildman–Crippen MR) is 39.7 cm³/mol. The van der Waals surface area contributed by atoms with Crippen LogP contribution in [0.3, 0.4) is 0 Å². The minimum Gasteiger partial charge on any atom is -0.327 e. The van der Waals surface area contributed by atoms with Gasteiger partial charge in [0, 0.05) is 6.42 Å². The molecule has 0 rings (SSSR count). The van der Waals surface area contributed by atoms with Crippen molar-refractivity contribution >= 4 is 13.6 Å². The number of rotatable bonds is 4. The van der Waals surface area contributed by atoms with Gasteiger partial charge < -0.3 is 9.36 Å². The summed E-state index contributed by atoms with van der Waals surface area (Å²) in [6, 6.07) is 0. The quantitative estimate of drug-likeness (QED) is 0.567. The van der Waals surface area contributed by atoms with Crippen LogP contribution in [-0.4, -0.2) is 18.6 Å². The molecule has 0 saturated heterocycles. The van der Waals surface area contributed by atoms with E-state index in [1.54, 1.807) is 13.6 Å². The van der Waals surface area contributed by atoms with Crippen LogP contribution in [0.4, 0.5) is 0 Å². The number of hydrogen-bond acceptors (Lipinski definition) is 2. The van der Waals surface area contributed by atoms with Crippen molar-refractivity contribution in [3.63, 3.8) is 0 Å². The Bertz CT molecular complexity index is 106. The molecule has 0 aromatic heterocycles. The van der Waals surface area contributed by atoms with Gasteiger partial charge in [-0.05, 0) is 26.2 Å². The van der Waals surface area contributed by atoms with Crippen LogP contribution in [0.5, 0.6) is 0 Å². The maximum atomic E-state index is 10.5. The second-order valence-electron chi connectivity index (χ2n) is 2.26. The first-order valence-corrected chi connectivity index (χ1v) is 5.23. The van der Waals surface area contributed by atoms with E-state index in [-0.39, 0.29) is 5.78 Å². The highest BCUT2D eigenvalue weighted by Crippen LogP contribution is 2.15. The topological polar surface area (TPSA) is 34.1 Å². The van der Waals surface area contributed by atoms with E-state index in [9.17, 15) is 9.36 Å². The molecule has 0 aliphatic rings. The van der Waals surface area contributed by atoms with Gasteiger partial charge in [-0.15, -0.1) is 0 Å². The normalized spacial score (nSPS) is 13.1. The van der Waals surface area contributed by atoms with Crippen LogP contribution in [0.2, 0.25) is 0 Å². The van der Waals surface area contributed by atoms with Crippen molar-refractivity contribution in [1.82, 2.24) is 0 Å². The fourth-order valence-electron chi connectivity index (χ4n) is 0.586. The summed E-state index contributed by atoms with van der Waals surface area (Å²) in [5, 5.41) is 0. The fourth-order valence-corrected chi connectivity index (χ4v) is 1.26. The molecule has 1 atom stereocenters. The lowest BCUT2D eigenvalue weighted by atomic mass is 10.3. The molecule has 1 unspecified atom stereocenters. The molecule has 3 heteroatoms. The van der Waals surface area contributed by atoms with Gasteiger partial charge in [-0.25, -0.2) is 0 Å². The highest BCUT2D eigenvalue weighted by atomic mass is 31.1. The standard InChI is InChI=1S/C6H13O2P/c1-6(7)4-3-5-9(2)8/h9H,3-5H2,1-2H3. The Morgan fingerprint density at radius 2 is 2.11 bits per heavy atom. The lowest BCUT2D eigenvalue weighted by Gasteiger charge is -1.91. The van der Waals surface area contributed by atoms with E-state index in [0.29, 0.717) is 6.42 Å². The summed E-state index contributed by atoms with van der Waals surface area (Å²) in [6.45, 7) is 3.29. The minimum absolute atomic E-state index is 0.193. The first-order chi connectivity index (χ1) is 4.13. The van der Waals surface area contributed by atoms with Gasteiger partial charge in [-0.2, -0.15) is 0 Å². The van der Waals surface area contributed by atoms with Crippen molar-refractivity contribution in [3.8, 4) is 0 Å². The van der Waals surface area contributed by atoms with Crippen molar-refractivity contribution in [3.05, 3.63) is 0 Å². The van der Waals surface area contributed by atoms with E-state index < -0.39 is 7.80 Å². The summed E-state index contributed by atoms with van der Waals surface area (Å²) < 4.78 is 10.5. The van der Waals surface area contributed by atoms with Gasteiger partial charge in [0.15, 0.2) is 0 Å². The molecule has 0 spiro atoms. The summed E-state index contributed by atoms with van der Waals surface area (Å²) >= 11 is 0. The van der Waals surface area contributed by atoms with E-state index in [2.05, 4.69) is 0 Å². The Morgan fingerprint density at radius 1 is 1.56 bits per heavy atom. The Hall–Kier alpha value is -0.100. The number of carbonyl (C=O) groups excluding carboxylic acids is 1. The minimum atomic E-state index is -1.33. The molecule has 0 radical (unpaired) electrons. The third kappa shape index (κ3) is 7.90. The monoisotopic (exact) mass is 148 g/mol. The van der Waals surface area contributed by atoms with Gasteiger partial charge in [0.2, 0.25) is 0 Å². The van der Waals surface area contributed by atoms with E-state index in [1.807, 2.05) is 0 Å². The van der Waals surface area contributed by atoms with Crippen LogP contribution in [0.25, 0.3) is 0 Å². The third-order valence-corrected chi connectivity index (χ3v) is 2.12. The molecule has 0 amide bonds. The second-order valence-corrected chi connectivity index (χ2v) is 4.16. The van der Waals surface area contributed by atoms with Crippen LogP contribution in [0.1, 0.15) is 19.8 Å². The molecular weight excluding hydrogens is 135 g/mol. The Labute approximate surface area is 56.4 Å².